The number of hydrogen-bond donors (Lipinski definition) is 2. The fourth-order valence-corrected chi connectivity index (χ4v) is 4.06. The number of nitrogens with zero attached hydrogens (tertiary/aromatic N) is 4. The minimum Gasteiger partial charge on any atom is -0.493 e. The van der Waals surface area contributed by atoms with Crippen LogP contribution in [-0.2, 0) is 25.9 Å². The van der Waals surface area contributed by atoms with Crippen molar-refractivity contribution in [3.05, 3.63) is 41.0 Å². The molecular weight excluding hydrogens is 400 g/mol. The summed E-state index contributed by atoms with van der Waals surface area (Å²) in [5, 5.41) is 15.7. The summed E-state index contributed by atoms with van der Waals surface area (Å²) >= 11 is 0. The summed E-state index contributed by atoms with van der Waals surface area (Å²) in [6.45, 7) is 7.67. The van der Waals surface area contributed by atoms with E-state index in [1.807, 2.05) is 7.05 Å². The van der Waals surface area contributed by atoms with Crippen LogP contribution in [0, 0.1) is 6.92 Å². The molecule has 2 aromatic rings. The van der Waals surface area contributed by atoms with Gasteiger partial charge in [0, 0.05) is 45.1 Å². The van der Waals surface area contributed by atoms with Crippen LogP contribution < -0.4 is 15.4 Å². The van der Waals surface area contributed by atoms with Crippen molar-refractivity contribution in [2.45, 2.75) is 84.7 Å². The number of nitrogens with one attached hydrogen (secondary N) is 2. The second-order valence-corrected chi connectivity index (χ2v) is 8.62. The minimum absolute atomic E-state index is 0.681. The molecule has 2 N–H and O–H groups in total. The van der Waals surface area contributed by atoms with Gasteiger partial charge >= 0.3 is 0 Å². The number of aryl methyl sites for hydroxylation is 3. The Labute approximate surface area is 193 Å². The highest BCUT2D eigenvalue weighted by Crippen LogP contribution is 2.21. The van der Waals surface area contributed by atoms with E-state index >= 15 is 0 Å². The Kier molecular flexibility index (Phi) is 9.85. The first-order chi connectivity index (χ1) is 15.7. The predicted octanol–water partition coefficient (Wildman–Crippen LogP) is 4.18. The third-order valence-electron chi connectivity index (χ3n) is 5.95. The molecule has 0 fully saturated rings. The molecule has 0 spiro atoms. The number of hydrogen-bond acceptors (Lipinski definition) is 4. The maximum atomic E-state index is 6.06. The van der Waals surface area contributed by atoms with Gasteiger partial charge in [0.15, 0.2) is 5.96 Å². The van der Waals surface area contributed by atoms with Crippen molar-refractivity contribution in [3.8, 4) is 5.75 Å². The summed E-state index contributed by atoms with van der Waals surface area (Å²) in [6, 6.07) is 6.40. The van der Waals surface area contributed by atoms with Crippen molar-refractivity contribution >= 4 is 5.96 Å². The highest BCUT2D eigenvalue weighted by molar-refractivity contribution is 5.79. The van der Waals surface area contributed by atoms with Gasteiger partial charge in [0.1, 0.15) is 17.4 Å². The lowest BCUT2D eigenvalue weighted by atomic mass is 10.1. The molecule has 0 atom stereocenters. The number of aromatic nitrogens is 3. The van der Waals surface area contributed by atoms with Crippen LogP contribution in [0.3, 0.4) is 0 Å². The van der Waals surface area contributed by atoms with Gasteiger partial charge < -0.3 is 19.9 Å². The van der Waals surface area contributed by atoms with Gasteiger partial charge in [0.05, 0.1) is 6.61 Å². The van der Waals surface area contributed by atoms with Crippen LogP contribution in [0.2, 0.25) is 0 Å². The van der Waals surface area contributed by atoms with E-state index in [4.69, 9.17) is 4.74 Å². The van der Waals surface area contributed by atoms with Crippen molar-refractivity contribution in [1.29, 1.82) is 0 Å². The Morgan fingerprint density at radius 1 is 1.12 bits per heavy atom. The van der Waals surface area contributed by atoms with Crippen molar-refractivity contribution in [1.82, 2.24) is 25.4 Å². The van der Waals surface area contributed by atoms with Gasteiger partial charge in [-0.1, -0.05) is 38.3 Å². The normalized spacial score (nSPS) is 14.0. The van der Waals surface area contributed by atoms with E-state index < -0.39 is 0 Å². The summed E-state index contributed by atoms with van der Waals surface area (Å²) in [5.41, 5.74) is 2.37. The molecule has 0 amide bonds. The average molecular weight is 441 g/mol. The first-order valence-electron chi connectivity index (χ1n) is 12.3. The highest BCUT2D eigenvalue weighted by atomic mass is 16.5. The summed E-state index contributed by atoms with van der Waals surface area (Å²) in [7, 11) is 1.81. The standard InChI is InChI=1S/C25H40N6O/c1-4-5-9-17-32-22-18-20(2)13-14-21(22)19-28-25(26-3)27-15-10-12-24-30-29-23-11-7-6-8-16-31(23)24/h13-14,18H,4-12,15-17,19H2,1-3H3,(H2,26,27,28). The quantitative estimate of drug-likeness (QED) is 0.311. The number of ether oxygens (including phenoxy) is 1. The third-order valence-corrected chi connectivity index (χ3v) is 5.95. The van der Waals surface area contributed by atoms with Crippen LogP contribution in [0.25, 0.3) is 0 Å². The molecule has 7 nitrogen and oxygen atoms in total. The zero-order valence-corrected chi connectivity index (χ0v) is 20.1. The third kappa shape index (κ3) is 7.24. The summed E-state index contributed by atoms with van der Waals surface area (Å²) < 4.78 is 8.40. The molecule has 176 valence electrons. The molecule has 32 heavy (non-hydrogen) atoms. The summed E-state index contributed by atoms with van der Waals surface area (Å²) in [4.78, 5) is 4.37. The molecule has 7 heteroatoms. The molecule has 0 saturated heterocycles. The van der Waals surface area contributed by atoms with Crippen molar-refractivity contribution in [3.63, 3.8) is 0 Å². The fraction of sp³-hybridized carbons (Fsp3) is 0.640. The number of rotatable bonds is 11. The minimum atomic E-state index is 0.681. The second-order valence-electron chi connectivity index (χ2n) is 8.62. The Balaban J connectivity index is 1.44. The lowest BCUT2D eigenvalue weighted by Gasteiger charge is -2.15. The SMILES string of the molecule is CCCCCOc1cc(C)ccc1CNC(=NC)NCCCc1nnc2n1CCCCC2. The topological polar surface area (TPSA) is 76.4 Å². The Bertz CT molecular complexity index is 860. The molecule has 0 unspecified atom stereocenters. The summed E-state index contributed by atoms with van der Waals surface area (Å²) in [5.74, 6) is 4.06. The maximum Gasteiger partial charge on any atom is 0.191 e. The first kappa shape index (κ1) is 24.1. The lowest BCUT2D eigenvalue weighted by Crippen LogP contribution is -2.37. The van der Waals surface area contributed by atoms with Crippen LogP contribution in [-0.4, -0.2) is 40.9 Å². The fourth-order valence-electron chi connectivity index (χ4n) is 4.06. The maximum absolute atomic E-state index is 6.06. The van der Waals surface area contributed by atoms with Gasteiger partial charge in [-0.05, 0) is 44.2 Å². The number of benzene rings is 1. The number of guanidine groups is 1. The predicted molar refractivity (Wildman–Crippen MR) is 130 cm³/mol. The molecule has 0 saturated carbocycles. The van der Waals surface area contributed by atoms with E-state index in [9.17, 15) is 0 Å². The summed E-state index contributed by atoms with van der Waals surface area (Å²) in [6.07, 6.45) is 10.2. The molecule has 1 aliphatic heterocycles. The molecular formula is C25H40N6O. The Morgan fingerprint density at radius 3 is 2.88 bits per heavy atom. The first-order valence-corrected chi connectivity index (χ1v) is 12.3. The van der Waals surface area contributed by atoms with Crippen molar-refractivity contribution in [2.24, 2.45) is 4.99 Å². The van der Waals surface area contributed by atoms with Gasteiger partial charge in [-0.25, -0.2) is 0 Å². The average Bonchev–Trinajstić information content (AvgIpc) is 3.02. The number of fused-ring (bicyclic) bond motifs is 1. The van der Waals surface area contributed by atoms with Gasteiger partial charge in [0.2, 0.25) is 0 Å². The van der Waals surface area contributed by atoms with Gasteiger partial charge in [-0.15, -0.1) is 10.2 Å². The van der Waals surface area contributed by atoms with E-state index in [1.54, 1.807) is 0 Å². The molecule has 0 bridgehead atoms. The van der Waals surface area contributed by atoms with Crippen molar-refractivity contribution < 1.29 is 4.74 Å². The van der Waals surface area contributed by atoms with Crippen LogP contribution >= 0.6 is 0 Å². The molecule has 0 radical (unpaired) electrons. The molecule has 0 aliphatic carbocycles. The zero-order valence-electron chi connectivity index (χ0n) is 20.1. The molecule has 1 aromatic heterocycles. The zero-order chi connectivity index (χ0) is 22.6. The molecule has 1 aliphatic rings. The number of unbranched alkanes of at least 4 members (excludes halogenated alkanes) is 2. The molecule has 2 heterocycles. The Morgan fingerprint density at radius 2 is 2.03 bits per heavy atom. The smallest absolute Gasteiger partial charge is 0.191 e. The van der Waals surface area contributed by atoms with E-state index in [-0.39, 0.29) is 0 Å². The largest absolute Gasteiger partial charge is 0.493 e. The van der Waals surface area contributed by atoms with Crippen molar-refractivity contribution in [2.75, 3.05) is 20.2 Å². The molecule has 3 rings (SSSR count). The highest BCUT2D eigenvalue weighted by Gasteiger charge is 2.14. The number of aliphatic imine (C=N–C) groups is 1. The van der Waals surface area contributed by atoms with Crippen LogP contribution in [0.5, 0.6) is 5.75 Å². The Hall–Kier alpha value is -2.57. The van der Waals surface area contributed by atoms with Crippen LogP contribution in [0.15, 0.2) is 23.2 Å². The molecule has 1 aromatic carbocycles. The van der Waals surface area contributed by atoms with Gasteiger partial charge in [-0.3, -0.25) is 4.99 Å². The van der Waals surface area contributed by atoms with E-state index in [0.717, 1.165) is 74.3 Å². The van der Waals surface area contributed by atoms with E-state index in [2.05, 4.69) is 62.4 Å². The van der Waals surface area contributed by atoms with Gasteiger partial charge in [-0.2, -0.15) is 0 Å². The van der Waals surface area contributed by atoms with E-state index in [1.165, 1.54) is 37.7 Å². The second kappa shape index (κ2) is 13.1. The van der Waals surface area contributed by atoms with Crippen LogP contribution in [0.4, 0.5) is 0 Å². The van der Waals surface area contributed by atoms with Crippen LogP contribution in [0.1, 0.15) is 74.6 Å². The monoisotopic (exact) mass is 440 g/mol. The van der Waals surface area contributed by atoms with E-state index in [0.29, 0.717) is 6.54 Å². The lowest BCUT2D eigenvalue weighted by molar-refractivity contribution is 0.303. The van der Waals surface area contributed by atoms with Gasteiger partial charge in [0.25, 0.3) is 0 Å².